The molecule has 4 aliphatic carbocycles. The molecule has 3 aliphatic heterocycles. The topological polar surface area (TPSA) is 102 Å². The molecule has 246 valence electrons. The van der Waals surface area contributed by atoms with E-state index in [2.05, 4.69) is 32.2 Å². The van der Waals surface area contributed by atoms with E-state index in [1.54, 1.807) is 25.6 Å². The number of cyclic esters (lactones) is 1. The second-order valence-electron chi connectivity index (χ2n) is 16.3. The lowest BCUT2D eigenvalue weighted by Gasteiger charge is -2.64. The molecule has 0 radical (unpaired) electrons. The van der Waals surface area contributed by atoms with Crippen LogP contribution in [0.3, 0.4) is 0 Å². The van der Waals surface area contributed by atoms with Crippen molar-refractivity contribution >= 4 is 30.9 Å². The van der Waals surface area contributed by atoms with Gasteiger partial charge >= 0.3 is 19.2 Å². The summed E-state index contributed by atoms with van der Waals surface area (Å²) >= 11 is 1.57. The van der Waals surface area contributed by atoms with Crippen LogP contribution < -0.4 is 10.1 Å². The number of carbonyl (C=O) groups is 2. The number of ether oxygens (including phenoxy) is 4. The summed E-state index contributed by atoms with van der Waals surface area (Å²) in [5, 5.41) is 2.90. The zero-order valence-electron chi connectivity index (χ0n) is 27.9. The van der Waals surface area contributed by atoms with Gasteiger partial charge in [-0.15, -0.1) is 11.8 Å². The number of carbonyl (C=O) groups excluding carboxylic acids is 2. The van der Waals surface area contributed by atoms with Gasteiger partial charge in [0.2, 0.25) is 5.79 Å². The smallest absolute Gasteiger partial charge is 0.452 e. The first-order valence-corrected chi connectivity index (χ1v) is 17.6. The third-order valence-electron chi connectivity index (χ3n) is 11.2. The van der Waals surface area contributed by atoms with Gasteiger partial charge in [0.05, 0.1) is 18.3 Å². The van der Waals surface area contributed by atoms with Gasteiger partial charge in [0.1, 0.15) is 16.9 Å². The molecule has 6 fully saturated rings. The molecule has 1 amide bonds. The van der Waals surface area contributed by atoms with E-state index in [0.29, 0.717) is 48.3 Å². The lowest BCUT2D eigenvalue weighted by atomic mass is 9.43. The normalized spacial score (nSPS) is 36.2. The van der Waals surface area contributed by atoms with Crippen LogP contribution in [-0.4, -0.2) is 67.3 Å². The highest BCUT2D eigenvalue weighted by Gasteiger charge is 2.70. The minimum Gasteiger partial charge on any atom is -0.452 e. The average molecular weight is 642 g/mol. The zero-order chi connectivity index (χ0) is 32.1. The molecular weight excluding hydrogens is 593 g/mol. The van der Waals surface area contributed by atoms with E-state index < -0.39 is 23.5 Å². The van der Waals surface area contributed by atoms with Crippen molar-refractivity contribution in [3.63, 3.8) is 0 Å². The van der Waals surface area contributed by atoms with Gasteiger partial charge in [0, 0.05) is 43.0 Å². The molecule has 0 spiro atoms. The molecule has 2 unspecified atom stereocenters. The van der Waals surface area contributed by atoms with Crippen molar-refractivity contribution in [2.24, 2.45) is 23.2 Å². The van der Waals surface area contributed by atoms with Crippen LogP contribution in [-0.2, 0) is 23.5 Å². The SMILES string of the molecule is CC(C)(C)OC(=O)NC[C@@H](Sc1ccc([C@H]2C[C@H]2B2OC3C[C@@H]4C[C@@H](C4(C)C)[C@]3(C)O2)c2c1C(=O)OC(C)(C)O2)C1CCOC1. The van der Waals surface area contributed by atoms with Crippen LogP contribution in [0.15, 0.2) is 17.0 Å². The lowest BCUT2D eigenvalue weighted by Crippen LogP contribution is -2.65. The Morgan fingerprint density at radius 1 is 1.13 bits per heavy atom. The number of hydrogen-bond donors (Lipinski definition) is 1. The van der Waals surface area contributed by atoms with Gasteiger partial charge in [-0.25, -0.2) is 9.59 Å². The van der Waals surface area contributed by atoms with Gasteiger partial charge in [-0.3, -0.25) is 0 Å². The van der Waals surface area contributed by atoms with Crippen molar-refractivity contribution in [1.82, 2.24) is 5.32 Å². The number of alkyl carbamates (subject to hydrolysis) is 1. The molecule has 8 rings (SSSR count). The fourth-order valence-corrected chi connectivity index (χ4v) is 9.92. The zero-order valence-corrected chi connectivity index (χ0v) is 28.7. The molecule has 3 heterocycles. The van der Waals surface area contributed by atoms with Crippen LogP contribution in [0.2, 0.25) is 5.82 Å². The van der Waals surface area contributed by atoms with Crippen molar-refractivity contribution in [2.45, 2.75) is 126 Å². The van der Waals surface area contributed by atoms with E-state index in [1.165, 1.54) is 6.42 Å². The average Bonchev–Trinajstić information content (AvgIpc) is 3.34. The van der Waals surface area contributed by atoms with Gasteiger partial charge in [-0.1, -0.05) is 19.9 Å². The second kappa shape index (κ2) is 10.8. The van der Waals surface area contributed by atoms with Crippen molar-refractivity contribution in [2.75, 3.05) is 19.8 Å². The monoisotopic (exact) mass is 641 g/mol. The Balaban J connectivity index is 1.12. The van der Waals surface area contributed by atoms with Crippen molar-refractivity contribution in [3.8, 4) is 5.75 Å². The first-order valence-electron chi connectivity index (χ1n) is 16.7. The highest BCUT2D eigenvalue weighted by atomic mass is 32.2. The molecule has 1 aromatic carbocycles. The first-order chi connectivity index (χ1) is 21.1. The first kappa shape index (κ1) is 31.6. The summed E-state index contributed by atoms with van der Waals surface area (Å²) < 4.78 is 36.9. The summed E-state index contributed by atoms with van der Waals surface area (Å²) in [6, 6.07) is 4.12. The lowest BCUT2D eigenvalue weighted by molar-refractivity contribution is -0.199. The molecule has 4 saturated carbocycles. The Morgan fingerprint density at radius 3 is 2.60 bits per heavy atom. The van der Waals surface area contributed by atoms with Gasteiger partial charge < -0.3 is 33.6 Å². The number of nitrogens with one attached hydrogen (secondary N) is 1. The van der Waals surface area contributed by atoms with Crippen LogP contribution >= 0.6 is 11.8 Å². The Bertz CT molecular complexity index is 1370. The second-order valence-corrected chi connectivity index (χ2v) is 17.5. The molecule has 9 nitrogen and oxygen atoms in total. The largest absolute Gasteiger partial charge is 0.461 e. The third-order valence-corrected chi connectivity index (χ3v) is 12.7. The molecule has 0 aromatic heterocycles. The van der Waals surface area contributed by atoms with Crippen LogP contribution in [0.1, 0.15) is 103 Å². The number of hydrogen-bond acceptors (Lipinski definition) is 9. The fraction of sp³-hybridized carbons (Fsp3) is 0.765. The number of benzene rings is 1. The highest BCUT2D eigenvalue weighted by molar-refractivity contribution is 8.00. The standard InChI is InChI=1S/C34H48BNO8S/c1-31(2,3)42-30(38)36-16-24(18-11-12-39-17-18)45-23-10-9-20(28-27(23)29(37)41-33(6,7)40-28)21-15-22(21)35-43-26-14-19-13-25(32(19,4)5)34(26,8)44-35/h9-10,18-19,21-22,24-26H,11-17H2,1-8H3,(H,36,38)/t18?,19-,21+,22+,24+,25-,26?,34-/m0/s1. The number of esters is 1. The maximum Gasteiger partial charge on any atom is 0.461 e. The van der Waals surface area contributed by atoms with E-state index in [1.807, 2.05) is 26.8 Å². The van der Waals surface area contributed by atoms with Gasteiger partial charge in [0.15, 0.2) is 0 Å². The summed E-state index contributed by atoms with van der Waals surface area (Å²) in [4.78, 5) is 26.9. The van der Waals surface area contributed by atoms with Crippen LogP contribution in [0.5, 0.6) is 5.75 Å². The third kappa shape index (κ3) is 5.67. The summed E-state index contributed by atoms with van der Waals surface area (Å²) in [5.74, 6) is 0.933. The molecule has 7 aliphatic rings. The number of rotatable bonds is 7. The number of amides is 1. The minimum absolute atomic E-state index is 0.0359. The molecule has 1 aromatic rings. The van der Waals surface area contributed by atoms with E-state index in [9.17, 15) is 9.59 Å². The van der Waals surface area contributed by atoms with Crippen molar-refractivity contribution < 1.29 is 37.8 Å². The van der Waals surface area contributed by atoms with Crippen molar-refractivity contribution in [1.29, 1.82) is 0 Å². The summed E-state index contributed by atoms with van der Waals surface area (Å²) in [6.45, 7) is 17.8. The number of fused-ring (bicyclic) bond motifs is 1. The Kier molecular flexibility index (Phi) is 7.59. The van der Waals surface area contributed by atoms with E-state index in [4.69, 9.17) is 28.3 Å². The van der Waals surface area contributed by atoms with Gasteiger partial charge in [0.25, 0.3) is 0 Å². The van der Waals surface area contributed by atoms with E-state index in [0.717, 1.165) is 29.7 Å². The van der Waals surface area contributed by atoms with E-state index in [-0.39, 0.29) is 41.7 Å². The molecule has 8 atom stereocenters. The fourth-order valence-electron chi connectivity index (χ4n) is 8.58. The summed E-state index contributed by atoms with van der Waals surface area (Å²) in [6.07, 6.45) is 3.77. The highest BCUT2D eigenvalue weighted by Crippen LogP contribution is 2.68. The van der Waals surface area contributed by atoms with E-state index >= 15 is 0 Å². The van der Waals surface area contributed by atoms with Crippen LogP contribution in [0.25, 0.3) is 0 Å². The molecule has 11 heteroatoms. The Labute approximate surface area is 271 Å². The quantitative estimate of drug-likeness (QED) is 0.201. The molecule has 45 heavy (non-hydrogen) atoms. The molecule has 1 N–H and O–H groups in total. The van der Waals surface area contributed by atoms with Crippen LogP contribution in [0, 0.1) is 23.2 Å². The molecule has 2 saturated heterocycles. The maximum absolute atomic E-state index is 13.6. The Hall–Kier alpha value is -1.95. The van der Waals surface area contributed by atoms with Gasteiger partial charge in [-0.2, -0.15) is 0 Å². The molecular formula is C34H48BNO8S. The minimum atomic E-state index is -1.08. The predicted octanol–water partition coefficient (Wildman–Crippen LogP) is 6.58. The predicted molar refractivity (Wildman–Crippen MR) is 171 cm³/mol. The van der Waals surface area contributed by atoms with Gasteiger partial charge in [-0.05, 0) is 94.1 Å². The Morgan fingerprint density at radius 2 is 1.91 bits per heavy atom. The number of thioether (sulfide) groups is 1. The summed E-state index contributed by atoms with van der Waals surface area (Å²) in [7, 11) is -0.251. The molecule has 2 bridgehead atoms. The van der Waals surface area contributed by atoms with Crippen molar-refractivity contribution in [3.05, 3.63) is 23.3 Å². The van der Waals surface area contributed by atoms with Crippen LogP contribution in [0.4, 0.5) is 4.79 Å². The summed E-state index contributed by atoms with van der Waals surface area (Å²) in [5.41, 5.74) is 0.927. The maximum atomic E-state index is 13.6.